The molecule has 0 amide bonds. The van der Waals surface area contributed by atoms with Crippen molar-refractivity contribution >= 4 is 34.2 Å². The largest absolute Gasteiger partial charge is 0.494 e. The van der Waals surface area contributed by atoms with Crippen LogP contribution in [0.15, 0.2) is 42.7 Å². The average molecular weight is 536 g/mol. The number of carbonyl (C=O) groups is 1. The van der Waals surface area contributed by atoms with E-state index >= 15 is 0 Å². The van der Waals surface area contributed by atoms with Gasteiger partial charge in [-0.25, -0.2) is 9.97 Å². The van der Waals surface area contributed by atoms with E-state index in [1.165, 1.54) is 13.3 Å². The van der Waals surface area contributed by atoms with Gasteiger partial charge in [0.25, 0.3) is 0 Å². The van der Waals surface area contributed by atoms with Crippen LogP contribution < -0.4 is 19.6 Å². The molecule has 2 heterocycles. The summed E-state index contributed by atoms with van der Waals surface area (Å²) in [6.07, 6.45) is 5.29. The van der Waals surface area contributed by atoms with Crippen molar-refractivity contribution in [3.05, 3.63) is 64.2 Å². The molecular formula is C27H26FN5O6. The van der Waals surface area contributed by atoms with Gasteiger partial charge in [0, 0.05) is 23.1 Å². The highest BCUT2D eigenvalue weighted by atomic mass is 19.1. The number of anilines is 2. The van der Waals surface area contributed by atoms with Gasteiger partial charge in [-0.15, -0.1) is 0 Å². The van der Waals surface area contributed by atoms with Crippen molar-refractivity contribution in [2.75, 3.05) is 19.5 Å². The molecule has 1 fully saturated rings. The topological polar surface area (TPSA) is 131 Å². The number of hydrogen-bond acceptors (Lipinski definition) is 9. The fourth-order valence-electron chi connectivity index (χ4n) is 4.33. The second-order valence-electron chi connectivity index (χ2n) is 9.44. The minimum atomic E-state index is -1.04. The van der Waals surface area contributed by atoms with Gasteiger partial charge in [0.1, 0.15) is 18.6 Å². The van der Waals surface area contributed by atoms with E-state index in [2.05, 4.69) is 21.4 Å². The molecule has 0 atom stereocenters. The van der Waals surface area contributed by atoms with E-state index in [-0.39, 0.29) is 23.1 Å². The number of carbonyl (C=O) groups excluding carboxylic acids is 1. The van der Waals surface area contributed by atoms with E-state index < -0.39 is 28.3 Å². The molecule has 12 heteroatoms. The van der Waals surface area contributed by atoms with Crippen molar-refractivity contribution in [3.8, 4) is 22.8 Å². The summed E-state index contributed by atoms with van der Waals surface area (Å²) in [4.78, 5) is 37.5. The molecule has 4 aromatic rings. The number of halogens is 1. The Labute approximate surface area is 222 Å². The molecule has 5 rings (SSSR count). The number of ether oxygens (including phenoxy) is 2. The predicted octanol–water partition coefficient (Wildman–Crippen LogP) is 5.40. The van der Waals surface area contributed by atoms with Gasteiger partial charge in [-0.05, 0) is 24.3 Å². The quantitative estimate of drug-likeness (QED) is 0.170. The second-order valence-corrected chi connectivity index (χ2v) is 9.44. The molecule has 1 saturated carbocycles. The predicted molar refractivity (Wildman–Crippen MR) is 141 cm³/mol. The molecule has 202 valence electrons. The summed E-state index contributed by atoms with van der Waals surface area (Å²) in [7, 11) is 2.87. The number of nitrogens with one attached hydrogen (secondary N) is 1. The molecule has 0 bridgehead atoms. The summed E-state index contributed by atoms with van der Waals surface area (Å²) in [5, 5.41) is 15.0. The summed E-state index contributed by atoms with van der Waals surface area (Å²) < 4.78 is 26.7. The van der Waals surface area contributed by atoms with Crippen LogP contribution >= 0.6 is 0 Å². The third-order valence-electron chi connectivity index (χ3n) is 6.44. The molecule has 0 saturated heterocycles. The van der Waals surface area contributed by atoms with E-state index in [1.54, 1.807) is 31.9 Å². The first-order valence-corrected chi connectivity index (χ1v) is 12.3. The maximum absolute atomic E-state index is 14.2. The van der Waals surface area contributed by atoms with E-state index in [9.17, 15) is 19.3 Å². The molecule has 1 aliphatic carbocycles. The van der Waals surface area contributed by atoms with Crippen LogP contribution in [-0.2, 0) is 4.79 Å². The standard InChI is InChI=1S/C27H26FN5O6/c1-14(2)26(34)39-23-12-29-27(30-20-11-21(33(35)36)19(28)10-22(20)37-3)31-24(23)18-13-32(38-4)25-16(15-8-9-15)6-5-7-17(18)25/h5-7,10-15H,8-9H2,1-4H3,(H,29,30,31). The molecule has 0 radical (unpaired) electrons. The number of hydrogen-bond donors (Lipinski definition) is 1. The molecule has 1 N–H and O–H groups in total. The number of para-hydroxylation sites is 1. The van der Waals surface area contributed by atoms with Gasteiger partial charge in [0.2, 0.25) is 11.8 Å². The Balaban J connectivity index is 1.66. The highest BCUT2D eigenvalue weighted by Crippen LogP contribution is 2.45. The molecule has 2 aromatic carbocycles. The van der Waals surface area contributed by atoms with Crippen LogP contribution in [0.5, 0.6) is 11.5 Å². The fourth-order valence-corrected chi connectivity index (χ4v) is 4.33. The van der Waals surface area contributed by atoms with Crippen molar-refractivity contribution in [2.24, 2.45) is 5.92 Å². The third-order valence-corrected chi connectivity index (χ3v) is 6.44. The van der Waals surface area contributed by atoms with E-state index in [4.69, 9.17) is 14.3 Å². The lowest BCUT2D eigenvalue weighted by Gasteiger charge is -2.14. The van der Waals surface area contributed by atoms with Crippen LogP contribution in [0, 0.1) is 21.8 Å². The number of fused-ring (bicyclic) bond motifs is 1. The molecule has 39 heavy (non-hydrogen) atoms. The van der Waals surface area contributed by atoms with E-state index in [0.717, 1.165) is 41.4 Å². The summed E-state index contributed by atoms with van der Waals surface area (Å²) in [5.74, 6) is -1.31. The maximum Gasteiger partial charge on any atom is 0.313 e. The van der Waals surface area contributed by atoms with Gasteiger partial charge in [-0.2, -0.15) is 9.12 Å². The van der Waals surface area contributed by atoms with Crippen molar-refractivity contribution in [2.45, 2.75) is 32.6 Å². The lowest BCUT2D eigenvalue weighted by atomic mass is 10.0. The number of nitro benzene ring substituents is 1. The second kappa shape index (κ2) is 10.2. The summed E-state index contributed by atoms with van der Waals surface area (Å²) >= 11 is 0. The van der Waals surface area contributed by atoms with Gasteiger partial charge in [0.05, 0.1) is 41.5 Å². The minimum Gasteiger partial charge on any atom is -0.494 e. The van der Waals surface area contributed by atoms with E-state index in [1.807, 2.05) is 12.1 Å². The molecule has 2 aromatic heterocycles. The highest BCUT2D eigenvalue weighted by Gasteiger charge is 2.29. The monoisotopic (exact) mass is 535 g/mol. The number of rotatable bonds is 9. The van der Waals surface area contributed by atoms with Crippen molar-refractivity contribution in [1.82, 2.24) is 14.7 Å². The van der Waals surface area contributed by atoms with Gasteiger partial charge < -0.3 is 19.6 Å². The van der Waals surface area contributed by atoms with Crippen molar-refractivity contribution in [1.29, 1.82) is 0 Å². The van der Waals surface area contributed by atoms with E-state index in [0.29, 0.717) is 17.2 Å². The number of aromatic nitrogens is 3. The lowest BCUT2D eigenvalue weighted by Crippen LogP contribution is -2.16. The van der Waals surface area contributed by atoms with Crippen LogP contribution in [0.2, 0.25) is 0 Å². The number of nitrogens with zero attached hydrogens (tertiary/aromatic N) is 4. The smallest absolute Gasteiger partial charge is 0.313 e. The summed E-state index contributed by atoms with van der Waals surface area (Å²) in [6, 6.07) is 7.87. The maximum atomic E-state index is 14.2. The van der Waals surface area contributed by atoms with Gasteiger partial charge in [-0.3, -0.25) is 14.9 Å². The zero-order valence-corrected chi connectivity index (χ0v) is 21.7. The molecular weight excluding hydrogens is 509 g/mol. The summed E-state index contributed by atoms with van der Waals surface area (Å²) in [6.45, 7) is 3.43. The van der Waals surface area contributed by atoms with Crippen molar-refractivity contribution in [3.63, 3.8) is 0 Å². The number of nitro groups is 1. The Morgan fingerprint density at radius 1 is 1.23 bits per heavy atom. The summed E-state index contributed by atoms with van der Waals surface area (Å²) in [5.41, 5.74) is 2.31. The Bertz CT molecular complexity index is 1600. The van der Waals surface area contributed by atoms with Crippen LogP contribution in [0.3, 0.4) is 0 Å². The van der Waals surface area contributed by atoms with Crippen LogP contribution in [0.25, 0.3) is 22.2 Å². The Morgan fingerprint density at radius 2 is 2.00 bits per heavy atom. The highest BCUT2D eigenvalue weighted by molar-refractivity contribution is 5.98. The number of benzene rings is 2. The van der Waals surface area contributed by atoms with Crippen LogP contribution in [-0.4, -0.2) is 39.8 Å². The molecule has 0 spiro atoms. The minimum absolute atomic E-state index is 0.0172. The van der Waals surface area contributed by atoms with Gasteiger partial charge in [0.15, 0.2) is 5.75 Å². The molecule has 0 aliphatic heterocycles. The first kappa shape index (κ1) is 25.9. The van der Waals surface area contributed by atoms with Gasteiger partial charge in [-0.1, -0.05) is 32.0 Å². The SMILES string of the molecule is COc1cc(F)c([N+](=O)[O-])cc1Nc1ncc(OC(=O)C(C)C)c(-c2cn(OC)c3c(C4CC4)cccc23)n1. The normalized spacial score (nSPS) is 13.0. The first-order valence-electron chi connectivity index (χ1n) is 12.3. The van der Waals surface area contributed by atoms with Crippen LogP contribution in [0.4, 0.5) is 21.7 Å². The fraction of sp³-hybridized carbons (Fsp3) is 0.296. The first-order chi connectivity index (χ1) is 18.7. The Kier molecular flexibility index (Phi) is 6.77. The molecule has 1 aliphatic rings. The zero-order chi connectivity index (χ0) is 27.8. The molecule has 0 unspecified atom stereocenters. The van der Waals surface area contributed by atoms with Gasteiger partial charge >= 0.3 is 11.7 Å². The number of methoxy groups -OCH3 is 1. The number of esters is 1. The Morgan fingerprint density at radius 3 is 2.64 bits per heavy atom. The lowest BCUT2D eigenvalue weighted by molar-refractivity contribution is -0.387. The average Bonchev–Trinajstić information content (AvgIpc) is 3.70. The van der Waals surface area contributed by atoms with Crippen molar-refractivity contribution < 1.29 is 28.4 Å². The third kappa shape index (κ3) is 4.92. The van der Waals surface area contributed by atoms with Crippen LogP contribution in [0.1, 0.15) is 38.2 Å². The molecule has 11 nitrogen and oxygen atoms in total. The zero-order valence-electron chi connectivity index (χ0n) is 21.7. The Hall–Kier alpha value is -4.74.